The molecule has 1 N–H and O–H groups in total. The number of rotatable bonds is 3. The Morgan fingerprint density at radius 2 is 1.91 bits per heavy atom. The number of aromatic nitrogens is 3. The van der Waals surface area contributed by atoms with Gasteiger partial charge in [0.25, 0.3) is 0 Å². The second-order valence-corrected chi connectivity index (χ2v) is 5.13. The zero-order valence-electron chi connectivity index (χ0n) is 12.1. The van der Waals surface area contributed by atoms with Crippen LogP contribution in [0.4, 0.5) is 15.9 Å². The fourth-order valence-corrected chi connectivity index (χ4v) is 2.37. The smallest absolute Gasteiger partial charge is 0.161 e. The van der Waals surface area contributed by atoms with Crippen molar-refractivity contribution in [3.8, 4) is 11.4 Å². The Hall–Kier alpha value is -3.15. The Morgan fingerprint density at radius 1 is 1.04 bits per heavy atom. The van der Waals surface area contributed by atoms with Gasteiger partial charge in [0.2, 0.25) is 0 Å². The van der Waals surface area contributed by atoms with Crippen LogP contribution in [-0.2, 0) is 6.54 Å². The van der Waals surface area contributed by atoms with Gasteiger partial charge >= 0.3 is 0 Å². The molecule has 0 saturated heterocycles. The van der Waals surface area contributed by atoms with Gasteiger partial charge in [-0.1, -0.05) is 0 Å². The molecule has 0 unspecified atom stereocenters. The SMILES string of the molecule is Fc1ccc(-c2nccc(Nc3cnc4c(c3)C=NC4)n2)cc1. The van der Waals surface area contributed by atoms with Crippen LogP contribution < -0.4 is 5.32 Å². The molecule has 1 aliphatic heterocycles. The fourth-order valence-electron chi connectivity index (χ4n) is 2.37. The Bertz CT molecular complexity index is 890. The van der Waals surface area contributed by atoms with Crippen LogP contribution in [0, 0.1) is 5.82 Å². The van der Waals surface area contributed by atoms with Crippen LogP contribution in [0.3, 0.4) is 0 Å². The Kier molecular flexibility index (Phi) is 3.27. The number of anilines is 2. The third-order valence-corrected chi connectivity index (χ3v) is 3.51. The van der Waals surface area contributed by atoms with Crippen LogP contribution in [0.15, 0.2) is 53.8 Å². The lowest BCUT2D eigenvalue weighted by atomic mass is 10.2. The van der Waals surface area contributed by atoms with Crippen molar-refractivity contribution < 1.29 is 4.39 Å². The number of benzene rings is 1. The number of halogens is 1. The van der Waals surface area contributed by atoms with E-state index in [9.17, 15) is 4.39 Å². The van der Waals surface area contributed by atoms with Gasteiger partial charge in [-0.2, -0.15) is 0 Å². The highest BCUT2D eigenvalue weighted by atomic mass is 19.1. The molecule has 0 saturated carbocycles. The molecule has 2 aromatic heterocycles. The Morgan fingerprint density at radius 3 is 2.78 bits per heavy atom. The zero-order chi connectivity index (χ0) is 15.6. The number of nitrogens with zero attached hydrogens (tertiary/aromatic N) is 4. The Labute approximate surface area is 132 Å². The van der Waals surface area contributed by atoms with Crippen molar-refractivity contribution in [2.75, 3.05) is 5.32 Å². The minimum atomic E-state index is -0.283. The molecule has 6 heteroatoms. The first-order valence-electron chi connectivity index (χ1n) is 7.13. The lowest BCUT2D eigenvalue weighted by molar-refractivity contribution is 0.628. The molecule has 112 valence electrons. The van der Waals surface area contributed by atoms with Gasteiger partial charge in [0.05, 0.1) is 24.1 Å². The lowest BCUT2D eigenvalue weighted by Crippen LogP contribution is -1.99. The molecule has 0 atom stereocenters. The fraction of sp³-hybridized carbons (Fsp3) is 0.0588. The van der Waals surface area contributed by atoms with Crippen molar-refractivity contribution in [3.05, 3.63) is 65.9 Å². The van der Waals surface area contributed by atoms with Crippen LogP contribution in [0.1, 0.15) is 11.3 Å². The maximum Gasteiger partial charge on any atom is 0.161 e. The van der Waals surface area contributed by atoms with E-state index in [1.54, 1.807) is 30.6 Å². The number of pyridine rings is 1. The molecule has 3 aromatic rings. The number of nitrogens with one attached hydrogen (secondary N) is 1. The molecule has 1 aromatic carbocycles. The standard InChI is InChI=1S/C17H12FN5/c18-13-3-1-11(2-4-13)17-20-6-5-16(23-17)22-14-7-12-8-19-10-15(12)21-9-14/h1-9H,10H2,(H,20,22,23). The van der Waals surface area contributed by atoms with Crippen LogP contribution >= 0.6 is 0 Å². The van der Waals surface area contributed by atoms with Crippen molar-refractivity contribution in [2.24, 2.45) is 4.99 Å². The van der Waals surface area contributed by atoms with Gasteiger partial charge in [0, 0.05) is 23.5 Å². The average Bonchev–Trinajstić information content (AvgIpc) is 3.03. The van der Waals surface area contributed by atoms with Gasteiger partial charge in [-0.25, -0.2) is 14.4 Å². The minimum absolute atomic E-state index is 0.283. The van der Waals surface area contributed by atoms with Gasteiger partial charge in [-0.05, 0) is 36.4 Å². The summed E-state index contributed by atoms with van der Waals surface area (Å²) < 4.78 is 13.0. The number of hydrogen-bond donors (Lipinski definition) is 1. The first-order chi connectivity index (χ1) is 11.3. The topological polar surface area (TPSA) is 63.1 Å². The van der Waals surface area contributed by atoms with Crippen LogP contribution in [-0.4, -0.2) is 21.2 Å². The van der Waals surface area contributed by atoms with Gasteiger partial charge < -0.3 is 5.32 Å². The third kappa shape index (κ3) is 2.78. The van der Waals surface area contributed by atoms with E-state index in [2.05, 4.69) is 25.3 Å². The molecule has 0 radical (unpaired) electrons. The highest BCUT2D eigenvalue weighted by Crippen LogP contribution is 2.21. The Balaban J connectivity index is 1.61. The maximum absolute atomic E-state index is 13.0. The normalized spacial score (nSPS) is 12.2. The summed E-state index contributed by atoms with van der Waals surface area (Å²) in [6.45, 7) is 0.637. The number of hydrogen-bond acceptors (Lipinski definition) is 5. The lowest BCUT2D eigenvalue weighted by Gasteiger charge is -2.08. The largest absolute Gasteiger partial charge is 0.339 e. The predicted molar refractivity (Wildman–Crippen MR) is 86.2 cm³/mol. The maximum atomic E-state index is 13.0. The summed E-state index contributed by atoms with van der Waals surface area (Å²) in [4.78, 5) is 17.2. The van der Waals surface area contributed by atoms with Crippen molar-refractivity contribution >= 4 is 17.7 Å². The van der Waals surface area contributed by atoms with E-state index >= 15 is 0 Å². The van der Waals surface area contributed by atoms with E-state index in [1.165, 1.54) is 12.1 Å². The van der Waals surface area contributed by atoms with Crippen LogP contribution in [0.25, 0.3) is 11.4 Å². The van der Waals surface area contributed by atoms with Crippen molar-refractivity contribution in [1.29, 1.82) is 0 Å². The number of fused-ring (bicyclic) bond motifs is 1. The summed E-state index contributed by atoms with van der Waals surface area (Å²) in [6, 6.07) is 9.85. The molecule has 0 aliphatic carbocycles. The first kappa shape index (κ1) is 13.5. The summed E-state index contributed by atoms with van der Waals surface area (Å²) in [5.74, 6) is 0.899. The number of aliphatic imine (C=N–C) groups is 1. The summed E-state index contributed by atoms with van der Waals surface area (Å²) in [5.41, 5.74) is 3.59. The van der Waals surface area contributed by atoms with Crippen molar-refractivity contribution in [1.82, 2.24) is 15.0 Å². The zero-order valence-corrected chi connectivity index (χ0v) is 12.1. The predicted octanol–water partition coefficient (Wildman–Crippen LogP) is 3.35. The van der Waals surface area contributed by atoms with E-state index in [4.69, 9.17) is 0 Å². The van der Waals surface area contributed by atoms with Gasteiger partial charge in [-0.15, -0.1) is 0 Å². The summed E-state index contributed by atoms with van der Waals surface area (Å²) in [5, 5.41) is 3.21. The first-order valence-corrected chi connectivity index (χ1v) is 7.13. The summed E-state index contributed by atoms with van der Waals surface area (Å²) in [6.07, 6.45) is 5.24. The molecule has 1 aliphatic rings. The van der Waals surface area contributed by atoms with E-state index in [0.717, 1.165) is 22.5 Å². The average molecular weight is 305 g/mol. The third-order valence-electron chi connectivity index (χ3n) is 3.51. The monoisotopic (exact) mass is 305 g/mol. The highest BCUT2D eigenvalue weighted by Gasteiger charge is 2.09. The highest BCUT2D eigenvalue weighted by molar-refractivity contribution is 5.85. The van der Waals surface area contributed by atoms with Gasteiger partial charge in [-0.3, -0.25) is 9.98 Å². The molecule has 4 rings (SSSR count). The van der Waals surface area contributed by atoms with E-state index in [0.29, 0.717) is 18.2 Å². The second-order valence-electron chi connectivity index (χ2n) is 5.13. The molecule has 0 bridgehead atoms. The van der Waals surface area contributed by atoms with Crippen LogP contribution in [0.2, 0.25) is 0 Å². The quantitative estimate of drug-likeness (QED) is 0.806. The van der Waals surface area contributed by atoms with Gasteiger partial charge in [0.1, 0.15) is 11.6 Å². The molecular weight excluding hydrogens is 293 g/mol. The second kappa shape index (κ2) is 5.57. The minimum Gasteiger partial charge on any atom is -0.339 e. The van der Waals surface area contributed by atoms with Crippen LogP contribution in [0.5, 0.6) is 0 Å². The summed E-state index contributed by atoms with van der Waals surface area (Å²) in [7, 11) is 0. The molecular formula is C17H12FN5. The molecule has 23 heavy (non-hydrogen) atoms. The van der Waals surface area contributed by atoms with E-state index in [-0.39, 0.29) is 5.82 Å². The summed E-state index contributed by atoms with van der Waals surface area (Å²) >= 11 is 0. The van der Waals surface area contributed by atoms with Gasteiger partial charge in [0.15, 0.2) is 5.82 Å². The van der Waals surface area contributed by atoms with E-state index in [1.807, 2.05) is 12.3 Å². The molecule has 3 heterocycles. The molecule has 5 nitrogen and oxygen atoms in total. The molecule has 0 fully saturated rings. The van der Waals surface area contributed by atoms with Crippen molar-refractivity contribution in [2.45, 2.75) is 6.54 Å². The molecule has 0 spiro atoms. The van der Waals surface area contributed by atoms with Crippen molar-refractivity contribution in [3.63, 3.8) is 0 Å². The molecule has 0 amide bonds. The van der Waals surface area contributed by atoms with E-state index < -0.39 is 0 Å².